The van der Waals surface area contributed by atoms with E-state index in [0.29, 0.717) is 6.04 Å². The maximum Gasteiger partial charge on any atom is 0.0562 e. The lowest BCUT2D eigenvalue weighted by molar-refractivity contribution is 0.581. The second-order valence-electron chi connectivity index (χ2n) is 5.57. The minimum atomic E-state index is 0.480. The standard InChI is InChI=1S/C17H21N3/c1-13(2)19-12-15-11-16(7-9-18-15)20-10-8-14-5-3-4-6-17(14)20/h3-7,9,11,13,19H,8,10,12H2,1-2H3. The number of benzene rings is 1. The van der Waals surface area contributed by atoms with Gasteiger partial charge in [0.2, 0.25) is 0 Å². The Bertz CT molecular complexity index is 592. The van der Waals surface area contributed by atoms with Crippen molar-refractivity contribution in [3.63, 3.8) is 0 Å². The van der Waals surface area contributed by atoms with Crippen LogP contribution in [-0.4, -0.2) is 17.6 Å². The van der Waals surface area contributed by atoms with E-state index in [2.05, 4.69) is 65.4 Å². The predicted molar refractivity (Wildman–Crippen MR) is 83.4 cm³/mol. The van der Waals surface area contributed by atoms with E-state index in [-0.39, 0.29) is 0 Å². The Morgan fingerprint density at radius 2 is 2.10 bits per heavy atom. The zero-order chi connectivity index (χ0) is 13.9. The molecular formula is C17H21N3. The molecule has 3 rings (SSSR count). The summed E-state index contributed by atoms with van der Waals surface area (Å²) >= 11 is 0. The van der Waals surface area contributed by atoms with Crippen molar-refractivity contribution < 1.29 is 0 Å². The third-order valence-corrected chi connectivity index (χ3v) is 3.69. The van der Waals surface area contributed by atoms with Crippen LogP contribution in [-0.2, 0) is 13.0 Å². The Labute approximate surface area is 120 Å². The average Bonchev–Trinajstić information content (AvgIpc) is 2.89. The Hall–Kier alpha value is -1.87. The van der Waals surface area contributed by atoms with Crippen molar-refractivity contribution in [2.45, 2.75) is 32.9 Å². The molecule has 0 aliphatic carbocycles. The van der Waals surface area contributed by atoms with Crippen LogP contribution in [0.3, 0.4) is 0 Å². The molecule has 0 atom stereocenters. The average molecular weight is 267 g/mol. The second-order valence-corrected chi connectivity index (χ2v) is 5.57. The molecule has 3 nitrogen and oxygen atoms in total. The van der Waals surface area contributed by atoms with Gasteiger partial charge in [0.15, 0.2) is 0 Å². The highest BCUT2D eigenvalue weighted by Crippen LogP contribution is 2.34. The first-order chi connectivity index (χ1) is 9.74. The first kappa shape index (κ1) is 13.1. The molecule has 1 aromatic heterocycles. The maximum absolute atomic E-state index is 4.45. The number of para-hydroxylation sites is 1. The summed E-state index contributed by atoms with van der Waals surface area (Å²) in [6.07, 6.45) is 3.03. The second kappa shape index (κ2) is 5.63. The Kier molecular flexibility index (Phi) is 3.70. The molecule has 0 radical (unpaired) electrons. The van der Waals surface area contributed by atoms with Gasteiger partial charge >= 0.3 is 0 Å². The van der Waals surface area contributed by atoms with Crippen LogP contribution >= 0.6 is 0 Å². The van der Waals surface area contributed by atoms with Crippen molar-refractivity contribution in [2.24, 2.45) is 0 Å². The van der Waals surface area contributed by atoms with Gasteiger partial charge in [-0.15, -0.1) is 0 Å². The molecule has 0 saturated carbocycles. The molecule has 0 bridgehead atoms. The summed E-state index contributed by atoms with van der Waals surface area (Å²) in [7, 11) is 0. The number of hydrogen-bond donors (Lipinski definition) is 1. The minimum Gasteiger partial charge on any atom is -0.341 e. The largest absolute Gasteiger partial charge is 0.341 e. The monoisotopic (exact) mass is 267 g/mol. The van der Waals surface area contributed by atoms with Crippen LogP contribution in [0.4, 0.5) is 11.4 Å². The van der Waals surface area contributed by atoms with Gasteiger partial charge < -0.3 is 10.2 Å². The van der Waals surface area contributed by atoms with Crippen LogP contribution in [0.2, 0.25) is 0 Å². The lowest BCUT2D eigenvalue weighted by atomic mass is 10.2. The first-order valence-electron chi connectivity index (χ1n) is 7.28. The third kappa shape index (κ3) is 2.68. The van der Waals surface area contributed by atoms with Crippen molar-refractivity contribution in [3.05, 3.63) is 53.9 Å². The molecule has 0 fully saturated rings. The summed E-state index contributed by atoms with van der Waals surface area (Å²) in [6, 6.07) is 13.4. The predicted octanol–water partition coefficient (Wildman–Crippen LogP) is 3.27. The number of nitrogens with one attached hydrogen (secondary N) is 1. The van der Waals surface area contributed by atoms with Crippen LogP contribution in [0.5, 0.6) is 0 Å². The Balaban J connectivity index is 1.83. The highest BCUT2D eigenvalue weighted by molar-refractivity contribution is 5.69. The van der Waals surface area contributed by atoms with E-state index in [1.54, 1.807) is 0 Å². The number of pyridine rings is 1. The van der Waals surface area contributed by atoms with Crippen LogP contribution in [0.25, 0.3) is 0 Å². The number of nitrogens with zero attached hydrogens (tertiary/aromatic N) is 2. The van der Waals surface area contributed by atoms with Gasteiger partial charge in [0.05, 0.1) is 5.69 Å². The number of aromatic nitrogens is 1. The van der Waals surface area contributed by atoms with Gasteiger partial charge in [-0.05, 0) is 30.2 Å². The van der Waals surface area contributed by atoms with E-state index in [0.717, 1.165) is 25.2 Å². The molecule has 1 aromatic carbocycles. The van der Waals surface area contributed by atoms with Crippen molar-refractivity contribution >= 4 is 11.4 Å². The van der Waals surface area contributed by atoms with Crippen molar-refractivity contribution in [3.8, 4) is 0 Å². The molecule has 1 N–H and O–H groups in total. The van der Waals surface area contributed by atoms with E-state index in [1.165, 1.54) is 16.9 Å². The van der Waals surface area contributed by atoms with Crippen molar-refractivity contribution in [1.29, 1.82) is 0 Å². The van der Waals surface area contributed by atoms with Crippen LogP contribution < -0.4 is 10.2 Å². The van der Waals surface area contributed by atoms with Crippen LogP contribution in [0.15, 0.2) is 42.6 Å². The highest BCUT2D eigenvalue weighted by atomic mass is 15.2. The van der Waals surface area contributed by atoms with E-state index in [1.807, 2.05) is 6.20 Å². The molecule has 0 unspecified atom stereocenters. The molecule has 20 heavy (non-hydrogen) atoms. The number of hydrogen-bond acceptors (Lipinski definition) is 3. The van der Waals surface area contributed by atoms with Gasteiger partial charge in [-0.25, -0.2) is 0 Å². The molecule has 3 heteroatoms. The Morgan fingerprint density at radius 1 is 1.25 bits per heavy atom. The fourth-order valence-electron chi connectivity index (χ4n) is 2.65. The zero-order valence-electron chi connectivity index (χ0n) is 12.1. The van der Waals surface area contributed by atoms with E-state index in [4.69, 9.17) is 0 Å². The van der Waals surface area contributed by atoms with Gasteiger partial charge in [-0.3, -0.25) is 4.98 Å². The van der Waals surface area contributed by atoms with Gasteiger partial charge in [-0.2, -0.15) is 0 Å². The molecular weight excluding hydrogens is 246 g/mol. The lowest BCUT2D eigenvalue weighted by Crippen LogP contribution is -2.22. The summed E-state index contributed by atoms with van der Waals surface area (Å²) in [5, 5.41) is 3.42. The highest BCUT2D eigenvalue weighted by Gasteiger charge is 2.19. The topological polar surface area (TPSA) is 28.2 Å². The van der Waals surface area contributed by atoms with Crippen LogP contribution in [0.1, 0.15) is 25.1 Å². The summed E-state index contributed by atoms with van der Waals surface area (Å²) in [5.41, 5.74) is 5.11. The van der Waals surface area contributed by atoms with Gasteiger partial charge in [0, 0.05) is 36.7 Å². The Morgan fingerprint density at radius 3 is 2.95 bits per heavy atom. The number of fused-ring (bicyclic) bond motifs is 1. The molecule has 0 saturated heterocycles. The molecule has 1 aliphatic heterocycles. The molecule has 1 aliphatic rings. The fraction of sp³-hybridized carbons (Fsp3) is 0.353. The first-order valence-corrected chi connectivity index (χ1v) is 7.28. The SMILES string of the molecule is CC(C)NCc1cc(N2CCc3ccccc32)ccn1. The summed E-state index contributed by atoms with van der Waals surface area (Å²) < 4.78 is 0. The van der Waals surface area contributed by atoms with Crippen molar-refractivity contribution in [2.75, 3.05) is 11.4 Å². The normalized spacial score (nSPS) is 13.8. The molecule has 0 amide bonds. The molecule has 2 heterocycles. The van der Waals surface area contributed by atoms with Gasteiger partial charge in [-0.1, -0.05) is 32.0 Å². The lowest BCUT2D eigenvalue weighted by Gasteiger charge is -2.20. The van der Waals surface area contributed by atoms with Crippen LogP contribution in [0, 0.1) is 0 Å². The quantitative estimate of drug-likeness (QED) is 0.921. The van der Waals surface area contributed by atoms with Gasteiger partial charge in [0.25, 0.3) is 0 Å². The molecule has 104 valence electrons. The number of rotatable bonds is 4. The fourth-order valence-corrected chi connectivity index (χ4v) is 2.65. The summed E-state index contributed by atoms with van der Waals surface area (Å²) in [5.74, 6) is 0. The third-order valence-electron chi connectivity index (χ3n) is 3.69. The zero-order valence-corrected chi connectivity index (χ0v) is 12.1. The summed E-state index contributed by atoms with van der Waals surface area (Å²) in [6.45, 7) is 6.18. The summed E-state index contributed by atoms with van der Waals surface area (Å²) in [4.78, 5) is 6.83. The van der Waals surface area contributed by atoms with Crippen molar-refractivity contribution in [1.82, 2.24) is 10.3 Å². The van der Waals surface area contributed by atoms with E-state index < -0.39 is 0 Å². The smallest absolute Gasteiger partial charge is 0.0562 e. The van der Waals surface area contributed by atoms with E-state index in [9.17, 15) is 0 Å². The number of anilines is 2. The molecule has 0 spiro atoms. The maximum atomic E-state index is 4.45. The van der Waals surface area contributed by atoms with E-state index >= 15 is 0 Å². The minimum absolute atomic E-state index is 0.480. The van der Waals surface area contributed by atoms with Gasteiger partial charge in [0.1, 0.15) is 0 Å². The molecule has 2 aromatic rings.